The van der Waals surface area contributed by atoms with E-state index in [1.807, 2.05) is 11.8 Å². The Morgan fingerprint density at radius 3 is 2.67 bits per heavy atom. The molecule has 21 heavy (non-hydrogen) atoms. The molecule has 2 amide bonds. The highest BCUT2D eigenvalue weighted by Gasteiger charge is 2.42. The summed E-state index contributed by atoms with van der Waals surface area (Å²) >= 11 is 0. The minimum atomic E-state index is -0.884. The molecule has 0 bridgehead atoms. The molecule has 6 nitrogen and oxygen atoms in total. The molecule has 120 valence electrons. The van der Waals surface area contributed by atoms with Gasteiger partial charge in [0.2, 0.25) is 0 Å². The van der Waals surface area contributed by atoms with Crippen molar-refractivity contribution >= 4 is 12.0 Å². The molecule has 6 heteroatoms. The number of carbonyl (C=O) groups excluding carboxylic acids is 1. The van der Waals surface area contributed by atoms with Crippen molar-refractivity contribution in [2.75, 3.05) is 26.3 Å². The first kappa shape index (κ1) is 16.1. The Labute approximate surface area is 126 Å². The molecule has 2 rings (SSSR count). The van der Waals surface area contributed by atoms with Crippen LogP contribution >= 0.6 is 0 Å². The Hall–Kier alpha value is -1.30. The van der Waals surface area contributed by atoms with Gasteiger partial charge in [-0.15, -0.1) is 0 Å². The fraction of sp³-hybridized carbons (Fsp3) is 0.867. The minimum absolute atomic E-state index is 0.0320. The fourth-order valence-corrected chi connectivity index (χ4v) is 3.49. The van der Waals surface area contributed by atoms with Gasteiger partial charge in [-0.1, -0.05) is 13.8 Å². The first-order chi connectivity index (χ1) is 9.97. The summed E-state index contributed by atoms with van der Waals surface area (Å²) in [5.74, 6) is -1.08. The third-order valence-corrected chi connectivity index (χ3v) is 4.67. The van der Waals surface area contributed by atoms with Gasteiger partial charge in [0.15, 0.2) is 0 Å². The number of nitrogens with zero attached hydrogens (tertiary/aromatic N) is 2. The second-order valence-corrected chi connectivity index (χ2v) is 6.27. The molecule has 2 fully saturated rings. The van der Waals surface area contributed by atoms with Gasteiger partial charge in [0.05, 0.1) is 19.3 Å². The average Bonchev–Trinajstić information content (AvgIpc) is 3.08. The molecule has 0 aromatic carbocycles. The van der Waals surface area contributed by atoms with Gasteiger partial charge in [0.25, 0.3) is 0 Å². The molecule has 0 aliphatic carbocycles. The third-order valence-electron chi connectivity index (χ3n) is 4.67. The van der Waals surface area contributed by atoms with Crippen molar-refractivity contribution in [3.05, 3.63) is 0 Å². The Morgan fingerprint density at radius 2 is 2.10 bits per heavy atom. The standard InChI is InChI=1S/C15H26N2O4/c1-4-16(13-9-21-8-11(13)14(18)19)15(20)17-7-5-6-12(17)10(2)3/h10-13H,4-9H2,1-3H3,(H,18,19). The Balaban J connectivity index is 2.13. The van der Waals surface area contributed by atoms with Gasteiger partial charge in [0.1, 0.15) is 5.92 Å². The molecule has 0 aromatic rings. The maximum atomic E-state index is 12.8. The number of ether oxygens (including phenoxy) is 1. The molecule has 2 heterocycles. The molecular weight excluding hydrogens is 272 g/mol. The molecule has 1 N–H and O–H groups in total. The zero-order chi connectivity index (χ0) is 15.6. The number of hydrogen-bond acceptors (Lipinski definition) is 3. The normalized spacial score (nSPS) is 29.1. The minimum Gasteiger partial charge on any atom is -0.481 e. The maximum Gasteiger partial charge on any atom is 0.320 e. The van der Waals surface area contributed by atoms with Crippen molar-refractivity contribution in [2.45, 2.75) is 45.7 Å². The van der Waals surface area contributed by atoms with Crippen LogP contribution in [0.3, 0.4) is 0 Å². The zero-order valence-corrected chi connectivity index (χ0v) is 13.1. The van der Waals surface area contributed by atoms with Gasteiger partial charge >= 0.3 is 12.0 Å². The van der Waals surface area contributed by atoms with E-state index in [1.165, 1.54) is 0 Å². The smallest absolute Gasteiger partial charge is 0.320 e. The number of carbonyl (C=O) groups is 2. The lowest BCUT2D eigenvalue weighted by Crippen LogP contribution is -2.53. The SMILES string of the molecule is CCN(C(=O)N1CCCC1C(C)C)C1COCC1C(=O)O. The van der Waals surface area contributed by atoms with Crippen LogP contribution in [0.4, 0.5) is 4.79 Å². The lowest BCUT2D eigenvalue weighted by molar-refractivity contribution is -0.142. The second-order valence-electron chi connectivity index (χ2n) is 6.27. The summed E-state index contributed by atoms with van der Waals surface area (Å²) in [6.45, 7) is 7.95. The molecule has 3 atom stereocenters. The van der Waals surface area contributed by atoms with E-state index in [4.69, 9.17) is 4.74 Å². The number of aliphatic carboxylic acids is 1. The summed E-state index contributed by atoms with van der Waals surface area (Å²) in [7, 11) is 0. The highest BCUT2D eigenvalue weighted by molar-refractivity contribution is 5.78. The lowest BCUT2D eigenvalue weighted by atomic mass is 10.0. The van der Waals surface area contributed by atoms with E-state index in [1.54, 1.807) is 4.90 Å². The van der Waals surface area contributed by atoms with Gasteiger partial charge in [-0.05, 0) is 25.7 Å². The predicted octanol–water partition coefficient (Wildman–Crippen LogP) is 1.65. The Morgan fingerprint density at radius 1 is 1.38 bits per heavy atom. The largest absolute Gasteiger partial charge is 0.481 e. The zero-order valence-electron chi connectivity index (χ0n) is 13.1. The quantitative estimate of drug-likeness (QED) is 0.856. The number of likely N-dealkylation sites (N-methyl/N-ethyl adjacent to an activating group) is 1. The first-order valence-corrected chi connectivity index (χ1v) is 7.85. The summed E-state index contributed by atoms with van der Waals surface area (Å²) < 4.78 is 5.31. The number of carboxylic acid groups (broad SMARTS) is 1. The molecule has 0 saturated carbocycles. The summed E-state index contributed by atoms with van der Waals surface area (Å²) in [4.78, 5) is 27.8. The number of hydrogen-bond donors (Lipinski definition) is 1. The highest BCUT2D eigenvalue weighted by Crippen LogP contribution is 2.27. The van der Waals surface area contributed by atoms with E-state index >= 15 is 0 Å². The van der Waals surface area contributed by atoms with Crippen molar-refractivity contribution < 1.29 is 19.4 Å². The first-order valence-electron chi connectivity index (χ1n) is 7.85. The van der Waals surface area contributed by atoms with Crippen molar-refractivity contribution in [3.8, 4) is 0 Å². The van der Waals surface area contributed by atoms with Crippen LogP contribution in [0.2, 0.25) is 0 Å². The van der Waals surface area contributed by atoms with E-state index < -0.39 is 11.9 Å². The van der Waals surface area contributed by atoms with Crippen LogP contribution in [0.25, 0.3) is 0 Å². The summed E-state index contributed by atoms with van der Waals surface area (Å²) in [6.07, 6.45) is 2.06. The molecule has 3 unspecified atom stereocenters. The van der Waals surface area contributed by atoms with Gasteiger partial charge in [0, 0.05) is 19.1 Å². The van der Waals surface area contributed by atoms with Gasteiger partial charge in [-0.25, -0.2) is 4.79 Å². The van der Waals surface area contributed by atoms with Crippen LogP contribution in [-0.2, 0) is 9.53 Å². The van der Waals surface area contributed by atoms with E-state index in [9.17, 15) is 14.7 Å². The van der Waals surface area contributed by atoms with Crippen LogP contribution in [0, 0.1) is 11.8 Å². The molecule has 2 aliphatic rings. The van der Waals surface area contributed by atoms with E-state index in [-0.39, 0.29) is 24.7 Å². The van der Waals surface area contributed by atoms with Crippen LogP contribution < -0.4 is 0 Å². The van der Waals surface area contributed by atoms with E-state index in [0.29, 0.717) is 19.1 Å². The molecule has 0 radical (unpaired) electrons. The predicted molar refractivity (Wildman–Crippen MR) is 78.1 cm³/mol. The van der Waals surface area contributed by atoms with Gasteiger partial charge in [-0.2, -0.15) is 0 Å². The number of likely N-dealkylation sites (tertiary alicyclic amines) is 1. The molecule has 0 spiro atoms. The Bertz CT molecular complexity index is 399. The topological polar surface area (TPSA) is 70.1 Å². The number of rotatable bonds is 4. The van der Waals surface area contributed by atoms with Gasteiger partial charge < -0.3 is 19.6 Å². The molecule has 2 aliphatic heterocycles. The third kappa shape index (κ3) is 3.15. The van der Waals surface area contributed by atoms with E-state index in [2.05, 4.69) is 13.8 Å². The average molecular weight is 298 g/mol. The van der Waals surface area contributed by atoms with Crippen molar-refractivity contribution in [3.63, 3.8) is 0 Å². The van der Waals surface area contributed by atoms with Crippen LogP contribution in [0.1, 0.15) is 33.6 Å². The highest BCUT2D eigenvalue weighted by atomic mass is 16.5. The van der Waals surface area contributed by atoms with Crippen molar-refractivity contribution in [1.82, 2.24) is 9.80 Å². The van der Waals surface area contributed by atoms with Gasteiger partial charge in [-0.3, -0.25) is 4.79 Å². The van der Waals surface area contributed by atoms with Crippen molar-refractivity contribution in [2.24, 2.45) is 11.8 Å². The Kier molecular flexibility index (Phi) is 5.08. The molecule has 0 aromatic heterocycles. The number of urea groups is 1. The maximum absolute atomic E-state index is 12.8. The van der Waals surface area contributed by atoms with Crippen LogP contribution in [-0.4, -0.2) is 65.3 Å². The molecule has 2 saturated heterocycles. The van der Waals surface area contributed by atoms with Crippen LogP contribution in [0.5, 0.6) is 0 Å². The number of amides is 2. The summed E-state index contributed by atoms with van der Waals surface area (Å²) in [5.41, 5.74) is 0. The molecular formula is C15H26N2O4. The second kappa shape index (κ2) is 6.64. The summed E-state index contributed by atoms with van der Waals surface area (Å²) in [6, 6.07) is -0.124. The fourth-order valence-electron chi connectivity index (χ4n) is 3.49. The monoisotopic (exact) mass is 298 g/mol. The van der Waals surface area contributed by atoms with E-state index in [0.717, 1.165) is 19.4 Å². The number of carboxylic acids is 1. The lowest BCUT2D eigenvalue weighted by Gasteiger charge is -2.36. The van der Waals surface area contributed by atoms with Crippen LogP contribution in [0.15, 0.2) is 0 Å². The van der Waals surface area contributed by atoms with Crippen molar-refractivity contribution in [1.29, 1.82) is 0 Å². The summed E-state index contributed by atoms with van der Waals surface area (Å²) in [5, 5.41) is 9.28.